The number of carboxylic acids is 1. The minimum absolute atomic E-state index is 0. The van der Waals surface area contributed by atoms with Gasteiger partial charge in [-0.05, 0) is 0 Å². The molecule has 0 spiro atoms. The zero-order valence-electron chi connectivity index (χ0n) is 3.15. The van der Waals surface area contributed by atoms with Crippen LogP contribution in [-0.4, -0.2) is 34.1 Å². The quantitative estimate of drug-likeness (QED) is 0.321. The van der Waals surface area contributed by atoms with E-state index in [0.29, 0.717) is 0 Å². The van der Waals surface area contributed by atoms with Gasteiger partial charge in [0.15, 0.2) is 5.97 Å². The van der Waals surface area contributed by atoms with Gasteiger partial charge in [-0.2, -0.15) is 0 Å². The van der Waals surface area contributed by atoms with Crippen LogP contribution in [0.15, 0.2) is 0 Å². The molecule has 0 saturated carbocycles. The van der Waals surface area contributed by atoms with Gasteiger partial charge >= 0.3 is 23.1 Å². The summed E-state index contributed by atoms with van der Waals surface area (Å²) in [7, 11) is 0. The Hall–Kier alpha value is 0.586. The molecule has 0 amide bonds. The molecule has 0 fully saturated rings. The molecule has 0 unspecified atom stereocenters. The van der Waals surface area contributed by atoms with Crippen molar-refractivity contribution in [1.29, 1.82) is 0 Å². The van der Waals surface area contributed by atoms with Crippen molar-refractivity contribution in [3.63, 3.8) is 0 Å². The molecule has 0 aromatic rings. The zero-order valence-corrected chi connectivity index (χ0v) is 6.15. The Morgan fingerprint density at radius 2 is 1.57 bits per heavy atom. The summed E-state index contributed by atoms with van der Waals surface area (Å²) >= 11 is 0. The summed E-state index contributed by atoms with van der Waals surface area (Å²) in [6, 6.07) is 0. The molecule has 0 aliphatic heterocycles. The first-order valence-corrected chi connectivity index (χ1v) is 0.781. The summed E-state index contributed by atoms with van der Waals surface area (Å²) in [4.78, 5) is 8.89. The average Bonchev–Trinajstić information content (AvgIpc) is 0.811. The maximum absolute atomic E-state index is 8.89. The van der Waals surface area contributed by atoms with Crippen LogP contribution in [0.5, 0.6) is 0 Å². The van der Waals surface area contributed by atoms with Crippen molar-refractivity contribution in [1.82, 2.24) is 0 Å². The maximum Gasteiger partial charge on any atom is 2.00 e. The van der Waals surface area contributed by atoms with Crippen LogP contribution in [0.25, 0.3) is 0 Å². The monoisotopic (exact) mass is 178 g/mol. The van der Waals surface area contributed by atoms with E-state index in [0.717, 1.165) is 0 Å². The summed E-state index contributed by atoms with van der Waals surface area (Å²) in [5.41, 5.74) is 0. The molecule has 0 radical (unpaired) electrons. The molecule has 0 rings (SSSR count). The third-order valence-corrected chi connectivity index (χ3v) is 0. The van der Waals surface area contributed by atoms with Crippen molar-refractivity contribution in [2.45, 2.75) is 7.43 Å². The van der Waals surface area contributed by atoms with Gasteiger partial charge in [0.1, 0.15) is 0 Å². The molecule has 0 heterocycles. The summed E-state index contributed by atoms with van der Waals surface area (Å²) < 4.78 is 0. The number of carbonyl (C=O) groups is 1. The van der Waals surface area contributed by atoms with Crippen molar-refractivity contribution in [2.24, 2.45) is 0 Å². The average molecular weight is 179 g/mol. The van der Waals surface area contributed by atoms with E-state index in [9.17, 15) is 0 Å². The molecule has 0 aromatic heterocycles. The van der Waals surface area contributed by atoms with Crippen molar-refractivity contribution in [3.8, 4) is 0 Å². The van der Waals surface area contributed by atoms with Crippen LogP contribution >= 0.6 is 0 Å². The summed E-state index contributed by atoms with van der Waals surface area (Å²) in [5, 5.41) is 7.31. The summed E-state index contributed by atoms with van der Waals surface area (Å²) in [6.07, 6.45) is 0. The Balaban J connectivity index is -0.0000000150. The van der Waals surface area contributed by atoms with E-state index in [-0.39, 0.29) is 47.5 Å². The topological polar surface area (TPSA) is 37.3 Å². The second kappa shape index (κ2) is 16.0. The predicted molar refractivity (Wildman–Crippen MR) is 25.5 cm³/mol. The van der Waals surface area contributed by atoms with Gasteiger partial charge in [-0.15, -0.1) is 0 Å². The number of hydrogen-bond donors (Lipinski definition) is 1. The van der Waals surface area contributed by atoms with Crippen LogP contribution in [0.2, 0.25) is 0 Å². The van der Waals surface area contributed by atoms with Gasteiger partial charge in [0.25, 0.3) is 0 Å². The molecule has 2 nitrogen and oxygen atoms in total. The maximum atomic E-state index is 8.89. The first kappa shape index (κ1) is 25.6. The predicted octanol–water partition coefficient (Wildman–Crippen LogP) is -2.84. The first-order valence-electron chi connectivity index (χ1n) is 0.781. The Morgan fingerprint density at radius 1 is 1.57 bits per heavy atom. The van der Waals surface area contributed by atoms with Gasteiger partial charge in [0, 0.05) is 0 Å². The van der Waals surface area contributed by atoms with Crippen LogP contribution in [0.3, 0.4) is 0 Å². The van der Waals surface area contributed by atoms with Crippen LogP contribution in [-0.2, 0) is 4.79 Å². The van der Waals surface area contributed by atoms with E-state index in [1.54, 1.807) is 0 Å². The molecule has 0 saturated heterocycles. The second-order valence-electron chi connectivity index (χ2n) is 0.394. The minimum Gasteiger partial charge on any atom is -1.00 e. The largest absolute Gasteiger partial charge is 2.00 e. The Bertz CT molecular complexity index is 35.9. The standard InChI is InChI=1S/C2H3O2.CH4.BrH.Mg/c1-2(3)4;;;/h1H2,(H,3,4);1H4;1H;/q-1;;;+2/p-1. The van der Waals surface area contributed by atoms with Crippen LogP contribution in [0.4, 0.5) is 0 Å². The Labute approximate surface area is 70.2 Å². The zero-order chi connectivity index (χ0) is 3.58. The number of carboxylic acid groups (broad SMARTS) is 1. The van der Waals surface area contributed by atoms with Crippen LogP contribution < -0.4 is 17.0 Å². The van der Waals surface area contributed by atoms with Gasteiger partial charge in [0.05, 0.1) is 0 Å². The van der Waals surface area contributed by atoms with Crippen LogP contribution in [0, 0.1) is 6.92 Å². The van der Waals surface area contributed by atoms with Crippen molar-refractivity contribution >= 4 is 29.0 Å². The molecule has 0 atom stereocenters. The van der Waals surface area contributed by atoms with E-state index in [4.69, 9.17) is 9.90 Å². The number of rotatable bonds is 0. The summed E-state index contributed by atoms with van der Waals surface area (Å²) in [5.74, 6) is -1.08. The van der Waals surface area contributed by atoms with E-state index in [2.05, 4.69) is 6.92 Å². The number of halogens is 1. The molecule has 0 aliphatic rings. The smallest absolute Gasteiger partial charge is 1.00 e. The van der Waals surface area contributed by atoms with Gasteiger partial charge < -0.3 is 22.1 Å². The molecule has 4 heteroatoms. The molecule has 1 N–H and O–H groups in total. The fourth-order valence-corrected chi connectivity index (χ4v) is 0. The molecular formula is C3H7BrMgO2. The van der Waals surface area contributed by atoms with Crippen molar-refractivity contribution < 1.29 is 26.9 Å². The fraction of sp³-hybridized carbons (Fsp3) is 0.333. The first-order chi connectivity index (χ1) is 1.73. The van der Waals surface area contributed by atoms with Gasteiger partial charge in [0.2, 0.25) is 0 Å². The van der Waals surface area contributed by atoms with Gasteiger partial charge in [-0.25, -0.2) is 0 Å². The Morgan fingerprint density at radius 3 is 1.57 bits per heavy atom. The second-order valence-corrected chi connectivity index (χ2v) is 0.394. The molecule has 7 heavy (non-hydrogen) atoms. The third-order valence-electron chi connectivity index (χ3n) is 0. The fourth-order valence-electron chi connectivity index (χ4n) is 0. The van der Waals surface area contributed by atoms with Crippen LogP contribution in [0.1, 0.15) is 7.43 Å². The minimum atomic E-state index is -1.08. The van der Waals surface area contributed by atoms with Gasteiger partial charge in [-0.3, -0.25) is 11.7 Å². The van der Waals surface area contributed by atoms with Gasteiger partial charge in [-0.1, -0.05) is 7.43 Å². The molecule has 0 aliphatic carbocycles. The third kappa shape index (κ3) is 403. The van der Waals surface area contributed by atoms with E-state index in [1.165, 1.54) is 0 Å². The summed E-state index contributed by atoms with van der Waals surface area (Å²) in [6.45, 7) is 2.56. The molecule has 40 valence electrons. The van der Waals surface area contributed by atoms with E-state index < -0.39 is 5.97 Å². The number of hydrogen-bond acceptors (Lipinski definition) is 1. The normalized spacial score (nSPS) is 3.43. The van der Waals surface area contributed by atoms with Crippen molar-refractivity contribution in [2.75, 3.05) is 0 Å². The van der Waals surface area contributed by atoms with Crippen molar-refractivity contribution in [3.05, 3.63) is 6.92 Å². The number of aliphatic carboxylic acids is 1. The Kier molecular flexibility index (Phi) is 58.4. The van der Waals surface area contributed by atoms with E-state index >= 15 is 0 Å². The van der Waals surface area contributed by atoms with E-state index in [1.807, 2.05) is 0 Å². The SMILES string of the molecule is C.[Br-].[CH2-]C(=O)O.[Mg+2]. The molecule has 0 aromatic carbocycles. The molecular weight excluding hydrogens is 172 g/mol. The molecule has 0 bridgehead atoms.